The summed E-state index contributed by atoms with van der Waals surface area (Å²) in [5, 5.41) is 9.53. The Morgan fingerprint density at radius 1 is 1.11 bits per heavy atom. The molecule has 1 saturated heterocycles. The quantitative estimate of drug-likeness (QED) is 0.630. The second-order valence-corrected chi connectivity index (χ2v) is 7.07. The summed E-state index contributed by atoms with van der Waals surface area (Å²) < 4.78 is 5.62. The molecule has 2 heteroatoms. The minimum Gasteiger partial charge on any atom is -0.393 e. The van der Waals surface area contributed by atoms with Crippen molar-refractivity contribution in [3.63, 3.8) is 0 Å². The summed E-state index contributed by atoms with van der Waals surface area (Å²) in [6, 6.07) is 0. The van der Waals surface area contributed by atoms with Gasteiger partial charge in [-0.2, -0.15) is 0 Å². The van der Waals surface area contributed by atoms with Crippen molar-refractivity contribution in [2.75, 3.05) is 0 Å². The maximum absolute atomic E-state index is 9.53. The average Bonchev–Trinajstić information content (AvgIpc) is 3.01. The fourth-order valence-corrected chi connectivity index (χ4v) is 3.63. The van der Waals surface area contributed by atoms with Crippen LogP contribution in [0.15, 0.2) is 0 Å². The summed E-state index contributed by atoms with van der Waals surface area (Å²) in [5.41, 5.74) is 0.337. The van der Waals surface area contributed by atoms with Crippen molar-refractivity contribution in [1.29, 1.82) is 0 Å². The second kappa shape index (κ2) is 7.08. The standard InChI is InChI=1S/C17H34O2/c1-7-14(10-9-12(3)18)17(5,6)15(8-2)11-16-13(4)19-16/h12-16,18H,7-11H2,1-6H3. The number of aliphatic hydroxyl groups is 1. The Morgan fingerprint density at radius 2 is 1.63 bits per heavy atom. The first kappa shape index (κ1) is 17.0. The van der Waals surface area contributed by atoms with Crippen LogP contribution in [0.25, 0.3) is 0 Å². The molecule has 19 heavy (non-hydrogen) atoms. The van der Waals surface area contributed by atoms with E-state index in [-0.39, 0.29) is 6.10 Å². The molecule has 0 aromatic rings. The summed E-state index contributed by atoms with van der Waals surface area (Å²) >= 11 is 0. The first-order valence-electron chi connectivity index (χ1n) is 8.16. The van der Waals surface area contributed by atoms with Crippen LogP contribution in [0, 0.1) is 17.3 Å². The highest BCUT2D eigenvalue weighted by molar-refractivity contribution is 4.90. The van der Waals surface area contributed by atoms with E-state index in [9.17, 15) is 5.11 Å². The Bertz CT molecular complexity index is 260. The van der Waals surface area contributed by atoms with Gasteiger partial charge in [0.15, 0.2) is 0 Å². The highest BCUT2D eigenvalue weighted by atomic mass is 16.6. The predicted octanol–water partition coefficient (Wildman–Crippen LogP) is 4.40. The van der Waals surface area contributed by atoms with Gasteiger partial charge in [-0.1, -0.05) is 40.5 Å². The van der Waals surface area contributed by atoms with Crippen LogP contribution < -0.4 is 0 Å². The van der Waals surface area contributed by atoms with Crippen molar-refractivity contribution >= 4 is 0 Å². The van der Waals surface area contributed by atoms with E-state index in [1.165, 1.54) is 19.3 Å². The van der Waals surface area contributed by atoms with Crippen LogP contribution in [0.3, 0.4) is 0 Å². The van der Waals surface area contributed by atoms with Gasteiger partial charge in [0, 0.05) is 0 Å². The third kappa shape index (κ3) is 4.75. The predicted molar refractivity (Wildman–Crippen MR) is 81.2 cm³/mol. The van der Waals surface area contributed by atoms with E-state index in [0.29, 0.717) is 23.5 Å². The highest BCUT2D eigenvalue weighted by Crippen LogP contribution is 2.45. The molecule has 1 rings (SSSR count). The Morgan fingerprint density at radius 3 is 2.00 bits per heavy atom. The molecule has 1 fully saturated rings. The molecule has 1 heterocycles. The van der Waals surface area contributed by atoms with Crippen LogP contribution in [-0.4, -0.2) is 23.4 Å². The zero-order valence-electron chi connectivity index (χ0n) is 13.8. The van der Waals surface area contributed by atoms with Gasteiger partial charge >= 0.3 is 0 Å². The molecule has 5 unspecified atom stereocenters. The van der Waals surface area contributed by atoms with Crippen molar-refractivity contribution < 1.29 is 9.84 Å². The Balaban J connectivity index is 2.61. The molecule has 2 nitrogen and oxygen atoms in total. The molecular weight excluding hydrogens is 236 g/mol. The Hall–Kier alpha value is -0.0800. The van der Waals surface area contributed by atoms with Crippen LogP contribution in [-0.2, 0) is 4.74 Å². The van der Waals surface area contributed by atoms with Crippen LogP contribution in [0.1, 0.15) is 73.6 Å². The summed E-state index contributed by atoms with van der Waals surface area (Å²) in [5.74, 6) is 1.42. The summed E-state index contributed by atoms with van der Waals surface area (Å²) in [7, 11) is 0. The number of aliphatic hydroxyl groups excluding tert-OH is 1. The van der Waals surface area contributed by atoms with E-state index >= 15 is 0 Å². The minimum absolute atomic E-state index is 0.170. The van der Waals surface area contributed by atoms with Crippen molar-refractivity contribution in [3.8, 4) is 0 Å². The van der Waals surface area contributed by atoms with Gasteiger partial charge in [0.25, 0.3) is 0 Å². The zero-order chi connectivity index (χ0) is 14.6. The van der Waals surface area contributed by atoms with Crippen LogP contribution >= 0.6 is 0 Å². The van der Waals surface area contributed by atoms with Crippen LogP contribution in [0.2, 0.25) is 0 Å². The number of hydrogen-bond donors (Lipinski definition) is 1. The van der Waals surface area contributed by atoms with Crippen molar-refractivity contribution in [2.24, 2.45) is 17.3 Å². The van der Waals surface area contributed by atoms with E-state index in [2.05, 4.69) is 34.6 Å². The fraction of sp³-hybridized carbons (Fsp3) is 1.00. The maximum atomic E-state index is 9.53. The molecule has 114 valence electrons. The first-order valence-corrected chi connectivity index (χ1v) is 8.16. The molecule has 0 bridgehead atoms. The molecule has 0 aliphatic carbocycles. The molecule has 0 amide bonds. The van der Waals surface area contributed by atoms with Crippen LogP contribution in [0.4, 0.5) is 0 Å². The normalized spacial score (nSPS) is 27.9. The zero-order valence-corrected chi connectivity index (χ0v) is 13.8. The second-order valence-electron chi connectivity index (χ2n) is 7.07. The lowest BCUT2D eigenvalue weighted by molar-refractivity contribution is 0.0721. The molecule has 1 aliphatic heterocycles. The molecule has 0 radical (unpaired) electrons. The van der Waals surface area contributed by atoms with E-state index in [1.807, 2.05) is 6.92 Å². The van der Waals surface area contributed by atoms with E-state index in [0.717, 1.165) is 18.8 Å². The largest absolute Gasteiger partial charge is 0.393 e. The topological polar surface area (TPSA) is 32.8 Å². The lowest BCUT2D eigenvalue weighted by atomic mass is 9.64. The van der Waals surface area contributed by atoms with E-state index in [1.54, 1.807) is 0 Å². The summed E-state index contributed by atoms with van der Waals surface area (Å²) in [6.07, 6.45) is 6.50. The van der Waals surface area contributed by atoms with E-state index < -0.39 is 0 Å². The number of ether oxygens (including phenoxy) is 1. The van der Waals surface area contributed by atoms with Crippen molar-refractivity contribution in [3.05, 3.63) is 0 Å². The molecule has 0 saturated carbocycles. The monoisotopic (exact) mass is 270 g/mol. The van der Waals surface area contributed by atoms with Crippen LogP contribution in [0.5, 0.6) is 0 Å². The molecule has 0 spiro atoms. The lowest BCUT2D eigenvalue weighted by Crippen LogP contribution is -2.33. The van der Waals surface area contributed by atoms with Gasteiger partial charge < -0.3 is 9.84 Å². The third-order valence-electron chi connectivity index (χ3n) is 5.38. The Labute approximate surface area is 119 Å². The molecular formula is C17H34O2. The summed E-state index contributed by atoms with van der Waals surface area (Å²) in [4.78, 5) is 0. The fourth-order valence-electron chi connectivity index (χ4n) is 3.63. The SMILES string of the molecule is CCC(CCC(C)O)C(C)(C)C(CC)CC1OC1C. The van der Waals surface area contributed by atoms with Gasteiger partial charge in [0.2, 0.25) is 0 Å². The summed E-state index contributed by atoms with van der Waals surface area (Å²) in [6.45, 7) is 13.5. The first-order chi connectivity index (χ1) is 8.82. The number of rotatable bonds is 9. The van der Waals surface area contributed by atoms with E-state index in [4.69, 9.17) is 4.74 Å². The molecule has 0 aromatic carbocycles. The average molecular weight is 270 g/mol. The van der Waals surface area contributed by atoms with Crippen molar-refractivity contribution in [2.45, 2.75) is 92.0 Å². The molecule has 0 aromatic heterocycles. The minimum atomic E-state index is -0.170. The van der Waals surface area contributed by atoms with Gasteiger partial charge in [-0.25, -0.2) is 0 Å². The van der Waals surface area contributed by atoms with Gasteiger partial charge in [-0.05, 0) is 50.4 Å². The number of epoxide rings is 1. The third-order valence-corrected chi connectivity index (χ3v) is 5.38. The molecule has 5 atom stereocenters. The number of hydrogen-bond acceptors (Lipinski definition) is 2. The van der Waals surface area contributed by atoms with Crippen molar-refractivity contribution in [1.82, 2.24) is 0 Å². The smallest absolute Gasteiger partial charge is 0.0841 e. The highest BCUT2D eigenvalue weighted by Gasteiger charge is 2.42. The molecule has 1 aliphatic rings. The van der Waals surface area contributed by atoms with Gasteiger partial charge in [-0.3, -0.25) is 0 Å². The van der Waals surface area contributed by atoms with Gasteiger partial charge in [0.1, 0.15) is 0 Å². The molecule has 1 N–H and O–H groups in total. The van der Waals surface area contributed by atoms with Gasteiger partial charge in [-0.15, -0.1) is 0 Å². The maximum Gasteiger partial charge on any atom is 0.0841 e. The Kier molecular flexibility index (Phi) is 6.32. The van der Waals surface area contributed by atoms with Gasteiger partial charge in [0.05, 0.1) is 18.3 Å². The lowest BCUT2D eigenvalue weighted by Gasteiger charge is -2.41.